The third-order valence-electron chi connectivity index (χ3n) is 12.8. The first-order chi connectivity index (χ1) is 26.8. The molecule has 8 heteroatoms. The van der Waals surface area contributed by atoms with Crippen molar-refractivity contribution >= 4 is 118 Å². The van der Waals surface area contributed by atoms with Crippen LogP contribution in [0.4, 0.5) is 0 Å². The maximum absolute atomic E-state index is 3.73. The molecular weight excluding hydrogens is 921 g/mol. The zero-order valence-corrected chi connectivity index (χ0v) is 41.5. The van der Waals surface area contributed by atoms with E-state index in [0.29, 0.717) is 22.2 Å². The van der Waals surface area contributed by atoms with Gasteiger partial charge in [-0.3, -0.25) is 0 Å². The molecule has 0 spiro atoms. The molecule has 2 aromatic carbocycles. The number of allylic oxidation sites excluding steroid dienone is 4. The van der Waals surface area contributed by atoms with E-state index in [4.69, 9.17) is 0 Å². The summed E-state index contributed by atoms with van der Waals surface area (Å²) in [6.45, 7) is 19.8. The first-order valence-corrected chi connectivity index (χ1v) is 30.8. The SMILES string of the molecule is CC1=Cc2c(-c3ccccc3)csc2C1[Si](C)(C)C1C(C)=Cc2c(-c3ccccc3)csc21.CC1=Cc2c(Br)csc2C1[Si](C)(C)C1C(C)=Cc2c(Br)csc21. The van der Waals surface area contributed by atoms with E-state index in [2.05, 4.69) is 192 Å². The Balaban J connectivity index is 0.000000156. The minimum absolute atomic E-state index is 0.580. The van der Waals surface area contributed by atoms with Gasteiger partial charge < -0.3 is 0 Å². The molecule has 56 heavy (non-hydrogen) atoms. The van der Waals surface area contributed by atoms with Gasteiger partial charge in [-0.15, -0.1) is 45.3 Å². The molecule has 0 aliphatic heterocycles. The topological polar surface area (TPSA) is 0 Å². The zero-order chi connectivity index (χ0) is 39.3. The van der Waals surface area contributed by atoms with Gasteiger partial charge in [-0.05, 0) is 104 Å². The van der Waals surface area contributed by atoms with Crippen LogP contribution in [0.25, 0.3) is 46.6 Å². The Morgan fingerprint density at radius 1 is 0.411 bits per heavy atom. The standard InChI is InChI=1S/C30H28S2Si.C18H18Br2S2Si/c1-19-15-23-25(21-11-7-5-8-12-21)17-31-27(23)29(19)33(3,4)30-20(2)16-24-26(18-32-28(24)30)22-13-9-6-10-14-22;1-9-5-11-13(19)7-21-15(11)17(9)23(3,4)18-10(2)6-12-14(20)8-22-16(12)18/h5-18,29-30H,1-4H3;5-8,17-18H,1-4H3. The first-order valence-electron chi connectivity index (χ1n) is 19.4. The van der Waals surface area contributed by atoms with E-state index in [0.717, 1.165) is 0 Å². The van der Waals surface area contributed by atoms with E-state index in [1.807, 2.05) is 45.3 Å². The van der Waals surface area contributed by atoms with E-state index in [9.17, 15) is 0 Å². The summed E-state index contributed by atoms with van der Waals surface area (Å²) in [6, 6.07) is 21.8. The van der Waals surface area contributed by atoms with Gasteiger partial charge in [0.25, 0.3) is 0 Å². The summed E-state index contributed by atoms with van der Waals surface area (Å²) in [7, 11) is -3.35. The number of benzene rings is 2. The molecule has 284 valence electrons. The lowest BCUT2D eigenvalue weighted by Crippen LogP contribution is -2.41. The third kappa shape index (κ3) is 6.23. The van der Waals surface area contributed by atoms with Gasteiger partial charge >= 0.3 is 0 Å². The zero-order valence-electron chi connectivity index (χ0n) is 33.1. The molecule has 6 aromatic rings. The molecule has 0 nitrogen and oxygen atoms in total. The second-order valence-electron chi connectivity index (χ2n) is 17.2. The molecule has 0 fully saturated rings. The maximum atomic E-state index is 3.73. The van der Waals surface area contributed by atoms with Gasteiger partial charge in [0.05, 0.1) is 16.1 Å². The van der Waals surface area contributed by atoms with E-state index < -0.39 is 16.1 Å². The minimum atomic E-state index is -1.76. The lowest BCUT2D eigenvalue weighted by atomic mass is 10.0. The molecule has 0 radical (unpaired) electrons. The van der Waals surface area contributed by atoms with E-state index in [1.54, 1.807) is 41.8 Å². The number of rotatable bonds is 6. The summed E-state index contributed by atoms with van der Waals surface area (Å²) in [5.41, 5.74) is 20.0. The summed E-state index contributed by atoms with van der Waals surface area (Å²) >= 11 is 15.3. The van der Waals surface area contributed by atoms with Crippen LogP contribution in [-0.2, 0) is 0 Å². The molecule has 0 N–H and O–H groups in total. The Kier molecular flexibility index (Phi) is 10.3. The van der Waals surface area contributed by atoms with Crippen molar-refractivity contribution < 1.29 is 0 Å². The minimum Gasteiger partial charge on any atom is -0.147 e. The second kappa shape index (κ2) is 14.7. The number of hydrogen-bond donors (Lipinski definition) is 0. The van der Waals surface area contributed by atoms with Crippen LogP contribution in [0.1, 0.15) is 91.6 Å². The summed E-state index contributed by atoms with van der Waals surface area (Å²) in [5, 5.41) is 9.30. The van der Waals surface area contributed by atoms with Crippen molar-refractivity contribution in [3.8, 4) is 22.3 Å². The summed E-state index contributed by atoms with van der Waals surface area (Å²) in [4.78, 5) is 6.37. The molecule has 4 atom stereocenters. The summed E-state index contributed by atoms with van der Waals surface area (Å²) in [6.07, 6.45) is 9.81. The molecular formula is C48H46Br2S4Si2. The van der Waals surface area contributed by atoms with Gasteiger partial charge in [0.2, 0.25) is 0 Å². The molecule has 0 amide bonds. The van der Waals surface area contributed by atoms with E-state index in [1.165, 1.54) is 53.5 Å². The lowest BCUT2D eigenvalue weighted by Gasteiger charge is -2.37. The highest BCUT2D eigenvalue weighted by molar-refractivity contribution is 9.11. The number of hydrogen-bond acceptors (Lipinski definition) is 4. The van der Waals surface area contributed by atoms with Crippen LogP contribution in [0.2, 0.25) is 26.2 Å². The summed E-state index contributed by atoms with van der Waals surface area (Å²) < 4.78 is 2.53. The molecule has 10 rings (SSSR count). The first kappa shape index (κ1) is 39.1. The second-order valence-corrected chi connectivity index (χ2v) is 32.2. The summed E-state index contributed by atoms with van der Waals surface area (Å²) in [5.74, 6) is 0. The fourth-order valence-electron chi connectivity index (χ4n) is 10.7. The quantitative estimate of drug-likeness (QED) is 0.146. The molecule has 0 saturated carbocycles. The Morgan fingerprint density at radius 3 is 1.04 bits per heavy atom. The van der Waals surface area contributed by atoms with Crippen molar-refractivity contribution in [3.63, 3.8) is 0 Å². The molecule has 4 aliphatic rings. The molecule has 4 aliphatic carbocycles. The van der Waals surface area contributed by atoms with Gasteiger partial charge in [-0.2, -0.15) is 0 Å². The van der Waals surface area contributed by atoms with Crippen LogP contribution in [-0.4, -0.2) is 16.1 Å². The fraction of sp³-hybridized carbons (Fsp3) is 0.250. The number of thiophene rings is 4. The molecule has 0 saturated heterocycles. The van der Waals surface area contributed by atoms with Crippen LogP contribution in [0, 0.1) is 0 Å². The Hall–Kier alpha value is -2.41. The Bertz CT molecular complexity index is 2450. The average Bonchev–Trinajstić information content (AvgIpc) is 4.03. The van der Waals surface area contributed by atoms with Crippen LogP contribution < -0.4 is 0 Å². The van der Waals surface area contributed by atoms with E-state index in [-0.39, 0.29) is 0 Å². The highest BCUT2D eigenvalue weighted by Crippen LogP contribution is 2.58. The van der Waals surface area contributed by atoms with Crippen LogP contribution in [0.5, 0.6) is 0 Å². The van der Waals surface area contributed by atoms with Crippen molar-refractivity contribution in [3.05, 3.63) is 155 Å². The monoisotopic (exact) mass is 964 g/mol. The lowest BCUT2D eigenvalue weighted by molar-refractivity contribution is 0.994. The molecule has 0 bridgehead atoms. The van der Waals surface area contributed by atoms with Crippen molar-refractivity contribution in [2.24, 2.45) is 0 Å². The smallest absolute Gasteiger partial charge is 0.0743 e. The van der Waals surface area contributed by atoms with Crippen molar-refractivity contribution in [2.45, 2.75) is 76.0 Å². The van der Waals surface area contributed by atoms with Crippen LogP contribution in [0.15, 0.2) is 113 Å². The normalized spacial score (nSPS) is 20.8. The van der Waals surface area contributed by atoms with Crippen LogP contribution in [0.3, 0.4) is 0 Å². The Morgan fingerprint density at radius 2 is 0.696 bits per heavy atom. The highest BCUT2D eigenvalue weighted by Gasteiger charge is 2.50. The van der Waals surface area contributed by atoms with Gasteiger partial charge in [0, 0.05) is 72.5 Å². The van der Waals surface area contributed by atoms with Gasteiger partial charge in [-0.25, -0.2) is 0 Å². The van der Waals surface area contributed by atoms with E-state index >= 15 is 0 Å². The van der Waals surface area contributed by atoms with Gasteiger partial charge in [-0.1, -0.05) is 133 Å². The van der Waals surface area contributed by atoms with Crippen LogP contribution >= 0.6 is 77.2 Å². The molecule has 4 unspecified atom stereocenters. The van der Waals surface area contributed by atoms with Gasteiger partial charge in [0.1, 0.15) is 0 Å². The fourth-order valence-corrected chi connectivity index (χ4v) is 29.9. The van der Waals surface area contributed by atoms with Gasteiger partial charge in [0.15, 0.2) is 0 Å². The number of fused-ring (bicyclic) bond motifs is 4. The average molecular weight is 967 g/mol. The van der Waals surface area contributed by atoms with Crippen molar-refractivity contribution in [1.82, 2.24) is 0 Å². The highest BCUT2D eigenvalue weighted by atomic mass is 79.9. The predicted octanol–water partition coefficient (Wildman–Crippen LogP) is 17.5. The predicted molar refractivity (Wildman–Crippen MR) is 264 cm³/mol. The third-order valence-corrected chi connectivity index (χ3v) is 28.8. The van der Waals surface area contributed by atoms with Crippen molar-refractivity contribution in [1.29, 1.82) is 0 Å². The maximum Gasteiger partial charge on any atom is 0.0743 e. The molecule has 4 heterocycles. The Labute approximate surface area is 367 Å². The number of halogens is 2. The molecule has 4 aromatic heterocycles. The van der Waals surface area contributed by atoms with Crippen molar-refractivity contribution in [2.75, 3.05) is 0 Å². The largest absolute Gasteiger partial charge is 0.147 e.